The van der Waals surface area contributed by atoms with E-state index in [0.717, 1.165) is 27.1 Å². The summed E-state index contributed by atoms with van der Waals surface area (Å²) in [5, 5.41) is 11.5. The van der Waals surface area contributed by atoms with Crippen molar-refractivity contribution in [2.24, 2.45) is 0 Å². The molecule has 0 radical (unpaired) electrons. The van der Waals surface area contributed by atoms with E-state index in [1.807, 2.05) is 62.4 Å². The predicted molar refractivity (Wildman–Crippen MR) is 137 cm³/mol. The van der Waals surface area contributed by atoms with Crippen molar-refractivity contribution in [2.45, 2.75) is 26.9 Å². The molecule has 0 spiro atoms. The Labute approximate surface area is 208 Å². The van der Waals surface area contributed by atoms with Gasteiger partial charge in [-0.25, -0.2) is 9.36 Å². The number of rotatable bonds is 9. The smallest absolute Gasteiger partial charge is 0.267 e. The molecular weight excluding hydrogens is 458 g/mol. The summed E-state index contributed by atoms with van der Waals surface area (Å²) >= 11 is 0. The highest BCUT2D eigenvalue weighted by Gasteiger charge is 2.09. The van der Waals surface area contributed by atoms with Crippen molar-refractivity contribution < 1.29 is 9.53 Å². The van der Waals surface area contributed by atoms with Crippen molar-refractivity contribution in [3.63, 3.8) is 0 Å². The normalized spacial score (nSPS) is 10.7. The number of ether oxygens (including phenoxy) is 1. The minimum atomic E-state index is -0.388. The van der Waals surface area contributed by atoms with Crippen LogP contribution in [0.2, 0.25) is 0 Å². The zero-order valence-electron chi connectivity index (χ0n) is 20.2. The van der Waals surface area contributed by atoms with Gasteiger partial charge in [-0.15, -0.1) is 0 Å². The highest BCUT2D eigenvalue weighted by atomic mass is 16.5. The van der Waals surface area contributed by atoms with Crippen LogP contribution in [0.5, 0.6) is 5.75 Å². The Hall–Kier alpha value is -4.53. The van der Waals surface area contributed by atoms with E-state index in [4.69, 9.17) is 4.74 Å². The molecule has 4 aromatic rings. The van der Waals surface area contributed by atoms with Gasteiger partial charge in [-0.1, -0.05) is 29.8 Å². The molecule has 2 heterocycles. The Bertz CT molecular complexity index is 1460. The van der Waals surface area contributed by atoms with Crippen molar-refractivity contribution >= 4 is 5.91 Å². The van der Waals surface area contributed by atoms with Crippen LogP contribution in [0.15, 0.2) is 82.4 Å². The zero-order valence-corrected chi connectivity index (χ0v) is 20.2. The van der Waals surface area contributed by atoms with Crippen LogP contribution >= 0.6 is 0 Å². The van der Waals surface area contributed by atoms with Crippen LogP contribution in [0.4, 0.5) is 0 Å². The summed E-state index contributed by atoms with van der Waals surface area (Å²) in [7, 11) is 0. The number of nitrogens with zero attached hydrogens (tertiary/aromatic N) is 4. The van der Waals surface area contributed by atoms with E-state index >= 15 is 0 Å². The maximum absolute atomic E-state index is 12.5. The van der Waals surface area contributed by atoms with Gasteiger partial charge in [0.05, 0.1) is 24.5 Å². The number of carbonyl (C=O) groups is 1. The summed E-state index contributed by atoms with van der Waals surface area (Å²) in [4.78, 5) is 37.0. The highest BCUT2D eigenvalue weighted by molar-refractivity contribution is 5.75. The van der Waals surface area contributed by atoms with Gasteiger partial charge in [0.25, 0.3) is 11.1 Å². The lowest BCUT2D eigenvalue weighted by Gasteiger charge is -2.10. The first-order chi connectivity index (χ1) is 17.4. The molecule has 1 N–H and O–H groups in total. The lowest BCUT2D eigenvalue weighted by Crippen LogP contribution is -2.36. The summed E-state index contributed by atoms with van der Waals surface area (Å²) in [6.45, 7) is 4.61. The van der Waals surface area contributed by atoms with Gasteiger partial charge in [-0.05, 0) is 50.2 Å². The predicted octanol–water partition coefficient (Wildman–Crippen LogP) is 2.66. The third kappa shape index (κ3) is 6.12. The van der Waals surface area contributed by atoms with Crippen LogP contribution in [-0.4, -0.2) is 38.6 Å². The maximum Gasteiger partial charge on any atom is 0.267 e. The van der Waals surface area contributed by atoms with Gasteiger partial charge in [-0.2, -0.15) is 10.2 Å². The molecule has 0 aliphatic heterocycles. The minimum absolute atomic E-state index is 0.172. The summed E-state index contributed by atoms with van der Waals surface area (Å²) in [6.07, 6.45) is 0. The van der Waals surface area contributed by atoms with Gasteiger partial charge in [0.2, 0.25) is 5.91 Å². The van der Waals surface area contributed by atoms with Gasteiger partial charge >= 0.3 is 0 Å². The average molecular weight is 486 g/mol. The summed E-state index contributed by atoms with van der Waals surface area (Å²) in [5.74, 6) is 0.372. The number of hydrogen-bond donors (Lipinski definition) is 1. The van der Waals surface area contributed by atoms with Gasteiger partial charge in [-0.3, -0.25) is 14.4 Å². The van der Waals surface area contributed by atoms with Gasteiger partial charge in [0.15, 0.2) is 0 Å². The van der Waals surface area contributed by atoms with Gasteiger partial charge in [0.1, 0.15) is 12.3 Å². The molecule has 0 unspecified atom stereocenters. The number of hydrogen-bond acceptors (Lipinski definition) is 6. The number of carbonyl (C=O) groups excluding carboxylic acids is 1. The van der Waals surface area contributed by atoms with Crippen LogP contribution < -0.4 is 21.2 Å². The van der Waals surface area contributed by atoms with E-state index in [1.54, 1.807) is 12.1 Å². The molecule has 0 saturated heterocycles. The molecule has 0 bridgehead atoms. The Balaban J connectivity index is 1.38. The second-order valence-electron chi connectivity index (χ2n) is 8.17. The van der Waals surface area contributed by atoms with Crippen LogP contribution in [0.1, 0.15) is 12.5 Å². The molecule has 4 rings (SSSR count). The monoisotopic (exact) mass is 485 g/mol. The summed E-state index contributed by atoms with van der Waals surface area (Å²) in [5.41, 5.74) is 3.40. The summed E-state index contributed by atoms with van der Waals surface area (Å²) in [6, 6.07) is 21.3. The number of aryl methyl sites for hydroxylation is 1. The molecule has 1 amide bonds. The Morgan fingerprint density at radius 1 is 0.806 bits per heavy atom. The SMILES string of the molecule is CCOc1ccc(-c2ccc(=O)n(CCNC(=O)Cn3nc(-c4ccc(C)cc4)ccc3=O)n2)cc1. The third-order valence-corrected chi connectivity index (χ3v) is 5.48. The fourth-order valence-corrected chi connectivity index (χ4v) is 3.59. The van der Waals surface area contributed by atoms with E-state index < -0.39 is 0 Å². The molecule has 0 fully saturated rings. The number of benzene rings is 2. The van der Waals surface area contributed by atoms with Crippen molar-refractivity contribution in [3.8, 4) is 28.3 Å². The van der Waals surface area contributed by atoms with Gasteiger partial charge in [0, 0.05) is 29.8 Å². The molecule has 9 nitrogen and oxygen atoms in total. The first-order valence-electron chi connectivity index (χ1n) is 11.7. The lowest BCUT2D eigenvalue weighted by molar-refractivity contribution is -0.121. The largest absolute Gasteiger partial charge is 0.494 e. The fraction of sp³-hybridized carbons (Fsp3) is 0.222. The first-order valence-corrected chi connectivity index (χ1v) is 11.7. The molecule has 9 heteroatoms. The van der Waals surface area contributed by atoms with E-state index in [-0.39, 0.29) is 36.7 Å². The Kier molecular flexibility index (Phi) is 7.69. The minimum Gasteiger partial charge on any atom is -0.494 e. The molecule has 184 valence electrons. The van der Waals surface area contributed by atoms with Crippen LogP contribution in [0.25, 0.3) is 22.5 Å². The standard InChI is InChI=1S/C27H27N5O4/c1-3-36-22-10-8-21(9-11-22)23-12-14-26(34)31(29-23)17-16-28-25(33)18-32-27(35)15-13-24(30-32)20-6-4-19(2)5-7-20/h4-15H,3,16-18H2,1-2H3,(H,28,33). The lowest BCUT2D eigenvalue weighted by atomic mass is 10.1. The quantitative estimate of drug-likeness (QED) is 0.391. The van der Waals surface area contributed by atoms with E-state index in [1.165, 1.54) is 16.8 Å². The van der Waals surface area contributed by atoms with Crippen LogP contribution in [-0.2, 0) is 17.9 Å². The summed E-state index contributed by atoms with van der Waals surface area (Å²) < 4.78 is 7.88. The fourth-order valence-electron chi connectivity index (χ4n) is 3.59. The van der Waals surface area contributed by atoms with Gasteiger partial charge < -0.3 is 10.1 Å². The molecule has 0 atom stereocenters. The average Bonchev–Trinajstić information content (AvgIpc) is 2.88. The van der Waals surface area contributed by atoms with Crippen molar-refractivity contribution in [1.29, 1.82) is 0 Å². The third-order valence-electron chi connectivity index (χ3n) is 5.48. The van der Waals surface area contributed by atoms with E-state index in [2.05, 4.69) is 15.5 Å². The van der Waals surface area contributed by atoms with Crippen molar-refractivity contribution in [3.05, 3.63) is 99.1 Å². The number of amides is 1. The maximum atomic E-state index is 12.5. The van der Waals surface area contributed by atoms with E-state index in [0.29, 0.717) is 18.0 Å². The molecule has 36 heavy (non-hydrogen) atoms. The highest BCUT2D eigenvalue weighted by Crippen LogP contribution is 2.20. The molecule has 0 aliphatic rings. The molecular formula is C27H27N5O4. The van der Waals surface area contributed by atoms with Crippen LogP contribution in [0, 0.1) is 6.92 Å². The first kappa shape index (κ1) is 24.6. The number of aromatic nitrogens is 4. The molecule has 0 saturated carbocycles. The van der Waals surface area contributed by atoms with Crippen molar-refractivity contribution in [1.82, 2.24) is 24.9 Å². The topological polar surface area (TPSA) is 108 Å². The number of nitrogens with one attached hydrogen (secondary N) is 1. The van der Waals surface area contributed by atoms with E-state index in [9.17, 15) is 14.4 Å². The second kappa shape index (κ2) is 11.3. The molecule has 0 aliphatic carbocycles. The van der Waals surface area contributed by atoms with Crippen LogP contribution in [0.3, 0.4) is 0 Å². The molecule has 2 aromatic heterocycles. The Morgan fingerprint density at radius 3 is 1.97 bits per heavy atom. The molecule has 2 aromatic carbocycles. The van der Waals surface area contributed by atoms with Crippen molar-refractivity contribution in [2.75, 3.05) is 13.2 Å². The second-order valence-corrected chi connectivity index (χ2v) is 8.17. The Morgan fingerprint density at radius 2 is 1.36 bits per heavy atom. The zero-order chi connectivity index (χ0) is 25.5.